The Morgan fingerprint density at radius 2 is 1.71 bits per heavy atom. The van der Waals surface area contributed by atoms with E-state index in [1.807, 2.05) is 6.92 Å². The molecule has 0 radical (unpaired) electrons. The van der Waals surface area contributed by atoms with E-state index in [0.717, 1.165) is 6.42 Å². The van der Waals surface area contributed by atoms with Crippen molar-refractivity contribution in [3.8, 4) is 0 Å². The molecule has 0 saturated carbocycles. The maximum absolute atomic E-state index is 12.1. The van der Waals surface area contributed by atoms with Crippen LogP contribution in [0, 0.1) is 5.41 Å². The van der Waals surface area contributed by atoms with Crippen LogP contribution in [0.1, 0.15) is 46.9 Å². The van der Waals surface area contributed by atoms with Crippen molar-refractivity contribution in [1.82, 2.24) is 4.90 Å². The first-order valence-electron chi connectivity index (χ1n) is 6.80. The minimum absolute atomic E-state index is 0. The number of halogens is 1. The lowest BCUT2D eigenvalue weighted by atomic mass is 10.1. The van der Waals surface area contributed by atoms with Crippen LogP contribution >= 0.6 is 12.4 Å². The van der Waals surface area contributed by atoms with E-state index < -0.39 is 0 Å². The van der Waals surface area contributed by atoms with E-state index in [1.54, 1.807) is 24.3 Å². The lowest BCUT2D eigenvalue weighted by Crippen LogP contribution is -2.30. The van der Waals surface area contributed by atoms with Crippen LogP contribution in [0.2, 0.25) is 0 Å². The van der Waals surface area contributed by atoms with Gasteiger partial charge in [0.1, 0.15) is 0 Å². The lowest BCUT2D eigenvalue weighted by molar-refractivity contribution is 0.0652. The molecule has 1 aromatic carbocycles. The molecule has 0 fully saturated rings. The highest BCUT2D eigenvalue weighted by Crippen LogP contribution is 2.22. The minimum Gasteiger partial charge on any atom is -0.481 e. The molecule has 0 spiro atoms. The number of fused-ring (bicyclic) bond motifs is 1. The first-order valence-corrected chi connectivity index (χ1v) is 6.80. The zero-order valence-electron chi connectivity index (χ0n) is 11.9. The maximum atomic E-state index is 12.1. The highest BCUT2D eigenvalue weighted by atomic mass is 35.5. The number of carbonyl (C=O) groups is 2. The Bertz CT molecular complexity index is 510. The molecular weight excluding hydrogens is 292 g/mol. The van der Waals surface area contributed by atoms with Gasteiger partial charge in [-0.2, -0.15) is 0 Å². The normalized spacial score (nSPS) is 12.9. The van der Waals surface area contributed by atoms with E-state index in [-0.39, 0.29) is 30.1 Å². The fourth-order valence-electron chi connectivity index (χ4n) is 2.24. The fraction of sp³-hybridized carbons (Fsp3) is 0.400. The zero-order valence-corrected chi connectivity index (χ0v) is 12.7. The van der Waals surface area contributed by atoms with Gasteiger partial charge in [-0.25, -0.2) is 0 Å². The molecule has 1 heterocycles. The van der Waals surface area contributed by atoms with Gasteiger partial charge in [-0.3, -0.25) is 19.9 Å². The van der Waals surface area contributed by atoms with E-state index in [2.05, 4.69) is 0 Å². The summed E-state index contributed by atoms with van der Waals surface area (Å²) in [5.41, 5.74) is 0.971. The smallest absolute Gasteiger partial charge is 0.261 e. The Hall–Kier alpha value is -1.88. The summed E-state index contributed by atoms with van der Waals surface area (Å²) in [4.78, 5) is 25.4. The molecule has 0 atom stereocenters. The van der Waals surface area contributed by atoms with E-state index >= 15 is 0 Å². The van der Waals surface area contributed by atoms with Crippen molar-refractivity contribution in [2.24, 2.45) is 0 Å². The number of hydrogen-bond acceptors (Lipinski definition) is 4. The SMILES string of the molecule is CCOC(=N)CCCCN1C(=O)c2ccccc2C1=O.Cl. The highest BCUT2D eigenvalue weighted by Gasteiger charge is 2.34. The first kappa shape index (κ1) is 17.2. The number of ether oxygens (including phenoxy) is 1. The van der Waals surface area contributed by atoms with Crippen LogP contribution in [0.15, 0.2) is 24.3 Å². The number of benzene rings is 1. The van der Waals surface area contributed by atoms with Crippen LogP contribution < -0.4 is 0 Å². The molecule has 0 saturated heterocycles. The van der Waals surface area contributed by atoms with Crippen molar-refractivity contribution < 1.29 is 14.3 Å². The largest absolute Gasteiger partial charge is 0.481 e. The molecule has 0 unspecified atom stereocenters. The fourth-order valence-corrected chi connectivity index (χ4v) is 2.24. The van der Waals surface area contributed by atoms with Crippen molar-refractivity contribution in [3.05, 3.63) is 35.4 Å². The molecule has 6 heteroatoms. The van der Waals surface area contributed by atoms with Crippen LogP contribution in [0.5, 0.6) is 0 Å². The second-order valence-electron chi connectivity index (χ2n) is 4.62. The van der Waals surface area contributed by atoms with Crippen LogP contribution in [0.3, 0.4) is 0 Å². The summed E-state index contributed by atoms with van der Waals surface area (Å²) in [6, 6.07) is 6.88. The third kappa shape index (κ3) is 3.82. The molecule has 114 valence electrons. The summed E-state index contributed by atoms with van der Waals surface area (Å²) in [5.74, 6) is -0.175. The highest BCUT2D eigenvalue weighted by molar-refractivity contribution is 6.21. The number of nitrogens with one attached hydrogen (secondary N) is 1. The molecule has 1 aliphatic rings. The number of rotatable bonds is 6. The number of amides is 2. The molecule has 21 heavy (non-hydrogen) atoms. The minimum atomic E-state index is -0.217. The number of unbranched alkanes of at least 4 members (excludes halogenated alkanes) is 1. The Labute approximate surface area is 130 Å². The van der Waals surface area contributed by atoms with Crippen LogP contribution in [0.25, 0.3) is 0 Å². The van der Waals surface area contributed by atoms with Gasteiger partial charge in [-0.15, -0.1) is 12.4 Å². The molecule has 5 nitrogen and oxygen atoms in total. The van der Waals surface area contributed by atoms with Gasteiger partial charge in [-0.05, 0) is 31.9 Å². The Morgan fingerprint density at radius 1 is 1.14 bits per heavy atom. The van der Waals surface area contributed by atoms with Crippen molar-refractivity contribution in [1.29, 1.82) is 5.41 Å². The number of carbonyl (C=O) groups excluding carboxylic acids is 2. The molecule has 0 aromatic heterocycles. The summed E-state index contributed by atoms with van der Waals surface area (Å²) < 4.78 is 5.04. The summed E-state index contributed by atoms with van der Waals surface area (Å²) >= 11 is 0. The van der Waals surface area contributed by atoms with E-state index in [0.29, 0.717) is 37.1 Å². The zero-order chi connectivity index (χ0) is 14.5. The average molecular weight is 311 g/mol. The summed E-state index contributed by atoms with van der Waals surface area (Å²) in [7, 11) is 0. The standard InChI is InChI=1S/C15H18N2O3.ClH/c1-2-20-13(16)9-5-6-10-17-14(18)11-7-3-4-8-12(11)15(17)19;/h3-4,7-8,16H,2,5-6,9-10H2,1H3;1H. The van der Waals surface area contributed by atoms with Crippen molar-refractivity contribution >= 4 is 30.1 Å². The molecule has 2 amide bonds. The Morgan fingerprint density at radius 3 is 2.24 bits per heavy atom. The van der Waals surface area contributed by atoms with Crippen molar-refractivity contribution in [3.63, 3.8) is 0 Å². The monoisotopic (exact) mass is 310 g/mol. The third-order valence-electron chi connectivity index (χ3n) is 3.23. The average Bonchev–Trinajstić information content (AvgIpc) is 2.69. The van der Waals surface area contributed by atoms with Gasteiger partial charge in [0, 0.05) is 13.0 Å². The summed E-state index contributed by atoms with van der Waals surface area (Å²) in [6.07, 6.45) is 1.95. The van der Waals surface area contributed by atoms with Gasteiger partial charge in [0.05, 0.1) is 17.7 Å². The molecule has 1 N–H and O–H groups in total. The van der Waals surface area contributed by atoms with E-state index in [1.165, 1.54) is 4.90 Å². The van der Waals surface area contributed by atoms with E-state index in [4.69, 9.17) is 10.1 Å². The first-order chi connectivity index (χ1) is 9.65. The molecule has 2 rings (SSSR count). The van der Waals surface area contributed by atoms with Gasteiger partial charge >= 0.3 is 0 Å². The van der Waals surface area contributed by atoms with Crippen LogP contribution in [-0.2, 0) is 4.74 Å². The Kier molecular flexibility index (Phi) is 6.37. The molecule has 0 bridgehead atoms. The third-order valence-corrected chi connectivity index (χ3v) is 3.23. The molecule has 1 aromatic rings. The number of hydrogen-bond donors (Lipinski definition) is 1. The number of imide groups is 1. The van der Waals surface area contributed by atoms with E-state index in [9.17, 15) is 9.59 Å². The maximum Gasteiger partial charge on any atom is 0.261 e. The molecule has 0 aliphatic carbocycles. The van der Waals surface area contributed by atoms with Gasteiger partial charge in [0.15, 0.2) is 5.90 Å². The Balaban J connectivity index is 0.00000220. The van der Waals surface area contributed by atoms with Crippen molar-refractivity contribution in [2.45, 2.75) is 26.2 Å². The van der Waals surface area contributed by atoms with Gasteiger partial charge < -0.3 is 4.74 Å². The van der Waals surface area contributed by atoms with Gasteiger partial charge in [-0.1, -0.05) is 12.1 Å². The summed E-state index contributed by atoms with van der Waals surface area (Å²) in [5, 5.41) is 7.49. The predicted molar refractivity (Wildman–Crippen MR) is 82.3 cm³/mol. The number of nitrogens with zero attached hydrogens (tertiary/aromatic N) is 1. The van der Waals surface area contributed by atoms with Crippen molar-refractivity contribution in [2.75, 3.05) is 13.2 Å². The topological polar surface area (TPSA) is 70.5 Å². The lowest BCUT2D eigenvalue weighted by Gasteiger charge is -2.13. The summed E-state index contributed by atoms with van der Waals surface area (Å²) in [6.45, 7) is 2.73. The molecular formula is C15H19ClN2O3. The van der Waals surface area contributed by atoms with Gasteiger partial charge in [0.25, 0.3) is 11.8 Å². The second kappa shape index (κ2) is 7.78. The predicted octanol–water partition coefficient (Wildman–Crippen LogP) is 2.89. The van der Waals surface area contributed by atoms with Gasteiger partial charge in [0.2, 0.25) is 0 Å². The molecule has 1 aliphatic heterocycles. The van der Waals surface area contributed by atoms with Crippen LogP contribution in [0.4, 0.5) is 0 Å². The quantitative estimate of drug-likeness (QED) is 0.380. The second-order valence-corrected chi connectivity index (χ2v) is 4.62. The van der Waals surface area contributed by atoms with Crippen LogP contribution in [-0.4, -0.2) is 35.8 Å².